The highest BCUT2D eigenvalue weighted by Crippen LogP contribution is 2.23. The number of amides is 1. The van der Waals surface area contributed by atoms with Gasteiger partial charge in [-0.2, -0.15) is 0 Å². The van der Waals surface area contributed by atoms with Gasteiger partial charge in [0.25, 0.3) is 5.91 Å². The summed E-state index contributed by atoms with van der Waals surface area (Å²) in [7, 11) is -3.90. The van der Waals surface area contributed by atoms with Gasteiger partial charge in [0.1, 0.15) is 5.58 Å². The third kappa shape index (κ3) is 5.01. The molecule has 0 spiro atoms. The van der Waals surface area contributed by atoms with Gasteiger partial charge in [-0.25, -0.2) is 13.6 Å². The molecule has 0 aliphatic heterocycles. The zero-order chi connectivity index (χ0) is 21.2. The van der Waals surface area contributed by atoms with Crippen LogP contribution in [0.5, 0.6) is 0 Å². The number of esters is 1. The lowest BCUT2D eigenvalue weighted by Crippen LogP contribution is -2.30. The first kappa shape index (κ1) is 20.6. The second-order valence-electron chi connectivity index (χ2n) is 6.63. The van der Waals surface area contributed by atoms with Crippen molar-refractivity contribution in [1.82, 2.24) is 0 Å². The number of nitrogens with two attached hydrogens (primary N) is 1. The third-order valence-electron chi connectivity index (χ3n) is 4.25. The van der Waals surface area contributed by atoms with Crippen molar-refractivity contribution in [2.75, 3.05) is 5.32 Å². The lowest BCUT2D eigenvalue weighted by Gasteiger charge is -2.13. The molecule has 2 aromatic carbocycles. The molecule has 0 radical (unpaired) electrons. The molecule has 9 heteroatoms. The molecule has 3 rings (SSSR count). The molecule has 1 amide bonds. The Balaban J connectivity index is 1.62. The molecule has 3 N–H and O–H groups in total. The number of hydrogen-bond donors (Lipinski definition) is 2. The number of hydrogen-bond acceptors (Lipinski definition) is 6. The number of sulfonamides is 1. The Morgan fingerprint density at radius 1 is 1.21 bits per heavy atom. The fraction of sp³-hybridized carbons (Fsp3) is 0.200. The Hall–Kier alpha value is -3.17. The summed E-state index contributed by atoms with van der Waals surface area (Å²) >= 11 is 0. The predicted molar refractivity (Wildman–Crippen MR) is 107 cm³/mol. The van der Waals surface area contributed by atoms with E-state index in [4.69, 9.17) is 14.3 Å². The molecule has 1 heterocycles. The van der Waals surface area contributed by atoms with Gasteiger partial charge in [-0.1, -0.05) is 18.2 Å². The second kappa shape index (κ2) is 8.06. The number of aryl methyl sites for hydroxylation is 1. The SMILES string of the molecule is Cc1ccc2c(CC(=O)O[C@@H](C)C(=O)Nc3cccc(S(N)(=O)=O)c3)coc2c1. The van der Waals surface area contributed by atoms with E-state index in [2.05, 4.69) is 5.32 Å². The molecule has 152 valence electrons. The van der Waals surface area contributed by atoms with Gasteiger partial charge in [0.15, 0.2) is 6.10 Å². The van der Waals surface area contributed by atoms with Crippen LogP contribution in [-0.4, -0.2) is 26.4 Å². The first-order valence-corrected chi connectivity index (χ1v) is 10.3. The summed E-state index contributed by atoms with van der Waals surface area (Å²) < 4.78 is 33.4. The molecule has 1 atom stereocenters. The van der Waals surface area contributed by atoms with Gasteiger partial charge in [-0.3, -0.25) is 9.59 Å². The molecule has 29 heavy (non-hydrogen) atoms. The highest BCUT2D eigenvalue weighted by molar-refractivity contribution is 7.89. The normalized spacial score (nSPS) is 12.5. The number of rotatable bonds is 6. The van der Waals surface area contributed by atoms with Gasteiger partial charge < -0.3 is 14.5 Å². The van der Waals surface area contributed by atoms with Gasteiger partial charge in [-0.05, 0) is 43.7 Å². The first-order valence-electron chi connectivity index (χ1n) is 8.73. The summed E-state index contributed by atoms with van der Waals surface area (Å²) in [4.78, 5) is 24.4. The number of nitrogens with one attached hydrogen (secondary N) is 1. The van der Waals surface area contributed by atoms with Crippen molar-refractivity contribution in [3.8, 4) is 0 Å². The topological polar surface area (TPSA) is 129 Å². The second-order valence-corrected chi connectivity index (χ2v) is 8.19. The lowest BCUT2D eigenvalue weighted by atomic mass is 10.1. The maximum atomic E-state index is 12.3. The molecule has 0 saturated carbocycles. The van der Waals surface area contributed by atoms with Gasteiger partial charge >= 0.3 is 5.97 Å². The van der Waals surface area contributed by atoms with E-state index in [0.29, 0.717) is 11.1 Å². The van der Waals surface area contributed by atoms with Gasteiger partial charge in [-0.15, -0.1) is 0 Å². The summed E-state index contributed by atoms with van der Waals surface area (Å²) in [6.07, 6.45) is 0.365. The zero-order valence-electron chi connectivity index (χ0n) is 15.8. The van der Waals surface area contributed by atoms with Gasteiger partial charge in [0.05, 0.1) is 17.6 Å². The number of primary sulfonamides is 1. The monoisotopic (exact) mass is 416 g/mol. The molecular weight excluding hydrogens is 396 g/mol. The number of ether oxygens (including phenoxy) is 1. The molecule has 0 aliphatic carbocycles. The number of anilines is 1. The highest BCUT2D eigenvalue weighted by Gasteiger charge is 2.20. The van der Waals surface area contributed by atoms with Crippen molar-refractivity contribution >= 4 is 38.6 Å². The molecule has 1 aromatic heterocycles. The standard InChI is InChI=1S/C20H20N2O6S/c1-12-6-7-17-14(11-27-18(17)8-12)9-19(23)28-13(2)20(24)22-15-4-3-5-16(10-15)29(21,25)26/h3-8,10-11,13H,9H2,1-2H3,(H,22,24)(H2,21,25,26)/t13-/m0/s1. The molecule has 0 saturated heterocycles. The average Bonchev–Trinajstić information content (AvgIpc) is 3.02. The summed E-state index contributed by atoms with van der Waals surface area (Å²) in [6, 6.07) is 11.1. The quantitative estimate of drug-likeness (QED) is 0.594. The Morgan fingerprint density at radius 2 is 1.97 bits per heavy atom. The molecule has 0 fully saturated rings. The Kier molecular flexibility index (Phi) is 5.71. The van der Waals surface area contributed by atoms with E-state index in [1.165, 1.54) is 37.5 Å². The Labute approximate surface area is 167 Å². The minimum Gasteiger partial charge on any atom is -0.464 e. The molecule has 3 aromatic rings. The van der Waals surface area contributed by atoms with E-state index in [1.54, 1.807) is 0 Å². The summed E-state index contributed by atoms with van der Waals surface area (Å²) in [6.45, 7) is 3.36. The number of furan rings is 1. The van der Waals surface area contributed by atoms with Crippen LogP contribution < -0.4 is 10.5 Å². The first-order chi connectivity index (χ1) is 13.6. The van der Waals surface area contributed by atoms with Crippen LogP contribution in [-0.2, 0) is 30.8 Å². The van der Waals surface area contributed by atoms with Crippen molar-refractivity contribution < 1.29 is 27.2 Å². The van der Waals surface area contributed by atoms with Gasteiger partial charge in [0, 0.05) is 16.6 Å². The van der Waals surface area contributed by atoms with E-state index in [-0.39, 0.29) is 17.0 Å². The maximum Gasteiger partial charge on any atom is 0.311 e. The summed E-state index contributed by atoms with van der Waals surface area (Å²) in [5.74, 6) is -1.19. The fourth-order valence-electron chi connectivity index (χ4n) is 2.77. The van der Waals surface area contributed by atoms with E-state index >= 15 is 0 Å². The van der Waals surface area contributed by atoms with Crippen LogP contribution >= 0.6 is 0 Å². The minimum atomic E-state index is -3.90. The van der Waals surface area contributed by atoms with Crippen LogP contribution in [0.15, 0.2) is 58.0 Å². The number of fused-ring (bicyclic) bond motifs is 1. The molecule has 8 nitrogen and oxygen atoms in total. The summed E-state index contributed by atoms with van der Waals surface area (Å²) in [5.41, 5.74) is 2.60. The number of carbonyl (C=O) groups is 2. The zero-order valence-corrected chi connectivity index (χ0v) is 16.7. The molecule has 0 aliphatic rings. The average molecular weight is 416 g/mol. The van der Waals surface area contributed by atoms with Crippen molar-refractivity contribution in [3.63, 3.8) is 0 Å². The van der Waals surface area contributed by atoms with Crippen molar-refractivity contribution in [2.45, 2.75) is 31.3 Å². The van der Waals surface area contributed by atoms with Crippen molar-refractivity contribution in [1.29, 1.82) is 0 Å². The van der Waals surface area contributed by atoms with E-state index in [1.807, 2.05) is 25.1 Å². The van der Waals surface area contributed by atoms with Crippen molar-refractivity contribution in [2.24, 2.45) is 5.14 Å². The summed E-state index contributed by atoms with van der Waals surface area (Å²) in [5, 5.41) is 8.39. The highest BCUT2D eigenvalue weighted by atomic mass is 32.2. The third-order valence-corrected chi connectivity index (χ3v) is 5.16. The number of benzene rings is 2. The maximum absolute atomic E-state index is 12.3. The predicted octanol–water partition coefficient (Wildman–Crippen LogP) is 2.50. The van der Waals surface area contributed by atoms with Crippen LogP contribution in [0, 0.1) is 6.92 Å². The van der Waals surface area contributed by atoms with Crippen molar-refractivity contribution in [3.05, 3.63) is 59.9 Å². The van der Waals surface area contributed by atoms with Crippen LogP contribution in [0.25, 0.3) is 11.0 Å². The Morgan fingerprint density at radius 3 is 2.69 bits per heavy atom. The van der Waals surface area contributed by atoms with Crippen LogP contribution in [0.2, 0.25) is 0 Å². The lowest BCUT2D eigenvalue weighted by molar-refractivity contribution is -0.152. The molecule has 0 unspecified atom stereocenters. The van der Waals surface area contributed by atoms with E-state index < -0.39 is 28.0 Å². The van der Waals surface area contributed by atoms with Gasteiger partial charge in [0.2, 0.25) is 10.0 Å². The van der Waals surface area contributed by atoms with E-state index in [9.17, 15) is 18.0 Å². The van der Waals surface area contributed by atoms with Crippen LogP contribution in [0.4, 0.5) is 5.69 Å². The minimum absolute atomic E-state index is 0.0470. The van der Waals surface area contributed by atoms with Crippen LogP contribution in [0.3, 0.4) is 0 Å². The Bertz CT molecular complexity index is 1180. The molecular formula is C20H20N2O6S. The fourth-order valence-corrected chi connectivity index (χ4v) is 3.33. The largest absolute Gasteiger partial charge is 0.464 e. The molecule has 0 bridgehead atoms. The van der Waals surface area contributed by atoms with Crippen LogP contribution in [0.1, 0.15) is 18.1 Å². The van der Waals surface area contributed by atoms with E-state index in [0.717, 1.165) is 10.9 Å². The number of carbonyl (C=O) groups excluding carboxylic acids is 2. The smallest absolute Gasteiger partial charge is 0.311 e.